The van der Waals surface area contributed by atoms with Crippen LogP contribution in [0.2, 0.25) is 5.04 Å². The van der Waals surface area contributed by atoms with E-state index in [1.807, 2.05) is 42.5 Å². The van der Waals surface area contributed by atoms with E-state index in [4.69, 9.17) is 58.4 Å². The predicted molar refractivity (Wildman–Crippen MR) is 178 cm³/mol. The molecule has 0 spiro atoms. The molecule has 0 N–H and O–H groups in total. The highest BCUT2D eigenvalue weighted by Gasteiger charge is 2.52. The van der Waals surface area contributed by atoms with Crippen molar-refractivity contribution in [2.24, 2.45) is 4.99 Å². The number of hydrogen-bond donors (Lipinski definition) is 0. The Bertz CT molecular complexity index is 1280. The van der Waals surface area contributed by atoms with Crippen molar-refractivity contribution in [1.82, 2.24) is 0 Å². The van der Waals surface area contributed by atoms with E-state index < -0.39 is 36.6 Å². The van der Waals surface area contributed by atoms with Crippen molar-refractivity contribution >= 4 is 82.0 Å². The van der Waals surface area contributed by atoms with Gasteiger partial charge in [0.25, 0.3) is 12.1 Å². The zero-order valence-corrected chi connectivity index (χ0v) is 28.5. The van der Waals surface area contributed by atoms with Crippen LogP contribution in [0.5, 0.6) is 0 Å². The van der Waals surface area contributed by atoms with Gasteiger partial charge in [-0.25, -0.2) is 4.99 Å². The van der Waals surface area contributed by atoms with Gasteiger partial charge < -0.3 is 18.6 Å². The maximum atomic E-state index is 7.23. The molecule has 5 rings (SSSR count). The molecule has 0 amide bonds. The molecule has 0 bridgehead atoms. The van der Waals surface area contributed by atoms with Gasteiger partial charge in [-0.1, -0.05) is 169 Å². The molecule has 0 radical (unpaired) electrons. The molecule has 0 saturated carbocycles. The molecule has 3 aromatic carbocycles. The van der Waals surface area contributed by atoms with E-state index in [-0.39, 0.29) is 21.5 Å². The summed E-state index contributed by atoms with van der Waals surface area (Å²) in [6, 6.07) is 30.6. The molecule has 0 aliphatic carbocycles. The maximum Gasteiger partial charge on any atom is 0.266 e. The Hall–Kier alpha value is -1.17. The number of fused-ring (bicyclic) bond motifs is 1. The molecule has 41 heavy (non-hydrogen) atoms. The van der Waals surface area contributed by atoms with Gasteiger partial charge in [-0.05, 0) is 15.4 Å². The van der Waals surface area contributed by atoms with Gasteiger partial charge in [-0.2, -0.15) is 0 Å². The van der Waals surface area contributed by atoms with Crippen molar-refractivity contribution in [3.8, 4) is 0 Å². The van der Waals surface area contributed by atoms with Crippen LogP contribution in [0.3, 0.4) is 0 Å². The lowest BCUT2D eigenvalue weighted by atomic mass is 10.0. The van der Waals surface area contributed by atoms with Gasteiger partial charge in [-0.3, -0.25) is 0 Å². The molecule has 2 heterocycles. The van der Waals surface area contributed by atoms with Gasteiger partial charge in [0, 0.05) is 12.2 Å². The number of ether oxygens (including phenoxy) is 3. The van der Waals surface area contributed by atoms with Crippen molar-refractivity contribution in [2.75, 3.05) is 13.2 Å². The van der Waals surface area contributed by atoms with Crippen molar-refractivity contribution in [3.63, 3.8) is 0 Å². The Morgan fingerprint density at radius 2 is 1.44 bits per heavy atom. The van der Waals surface area contributed by atoms with E-state index in [2.05, 4.69) is 91.9 Å². The smallest absolute Gasteiger partial charge is 0.266 e. The number of alkyl halides is 4. The zero-order valence-electron chi connectivity index (χ0n) is 23.1. The summed E-state index contributed by atoms with van der Waals surface area (Å²) in [6.07, 6.45) is -1.45. The molecule has 2 aliphatic rings. The van der Waals surface area contributed by atoms with Crippen molar-refractivity contribution in [1.29, 1.82) is 0 Å². The molecule has 218 valence electrons. The van der Waals surface area contributed by atoms with Gasteiger partial charge in [0.05, 0.1) is 16.6 Å². The van der Waals surface area contributed by atoms with Crippen LogP contribution < -0.4 is 10.4 Å². The summed E-state index contributed by atoms with van der Waals surface area (Å²) in [5, 5.41) is 2.26. The molecule has 1 saturated heterocycles. The number of benzene rings is 3. The summed E-state index contributed by atoms with van der Waals surface area (Å²) in [4.78, 5) is 4.82. The van der Waals surface area contributed by atoms with Crippen LogP contribution in [0.15, 0.2) is 96.0 Å². The number of aliphatic imine (C=N–C) groups is 1. The second-order valence-electron chi connectivity index (χ2n) is 11.2. The fraction of sp³-hybridized carbons (Fsp3) is 0.387. The minimum Gasteiger partial charge on any atom is -0.469 e. The van der Waals surface area contributed by atoms with Gasteiger partial charge in [-0.15, -0.1) is 0 Å². The second kappa shape index (κ2) is 12.8. The third-order valence-electron chi connectivity index (χ3n) is 7.49. The number of rotatable bonds is 7. The highest BCUT2D eigenvalue weighted by Crippen LogP contribution is 2.41. The molecule has 2 aliphatic heterocycles. The van der Waals surface area contributed by atoms with Gasteiger partial charge >= 0.3 is 0 Å². The van der Waals surface area contributed by atoms with Gasteiger partial charge in [0.1, 0.15) is 6.10 Å². The summed E-state index contributed by atoms with van der Waals surface area (Å²) in [5.74, 6) is 0.0474. The van der Waals surface area contributed by atoms with Crippen molar-refractivity contribution < 1.29 is 18.6 Å². The second-order valence-corrected chi connectivity index (χ2v) is 19.4. The van der Waals surface area contributed by atoms with Crippen LogP contribution in [0.25, 0.3) is 0 Å². The topological polar surface area (TPSA) is 49.3 Å². The van der Waals surface area contributed by atoms with Crippen LogP contribution in [-0.4, -0.2) is 53.4 Å². The van der Waals surface area contributed by atoms with Crippen molar-refractivity contribution in [2.45, 2.75) is 58.1 Å². The Balaban J connectivity index is 1.49. The molecule has 5 nitrogen and oxygen atoms in total. The van der Waals surface area contributed by atoms with E-state index in [1.165, 1.54) is 10.4 Å². The third kappa shape index (κ3) is 6.67. The Morgan fingerprint density at radius 1 is 0.902 bits per heavy atom. The van der Waals surface area contributed by atoms with Crippen LogP contribution in [0.1, 0.15) is 32.6 Å². The average Bonchev–Trinajstić information content (AvgIpc) is 2.97. The van der Waals surface area contributed by atoms with Crippen LogP contribution in [0.4, 0.5) is 0 Å². The molecular formula is C31H33Cl3INO4Si. The minimum atomic E-state index is -2.77. The van der Waals surface area contributed by atoms with Gasteiger partial charge in [0.15, 0.2) is 12.4 Å². The maximum absolute atomic E-state index is 7.23. The summed E-state index contributed by atoms with van der Waals surface area (Å²) in [7, 11) is -2.77. The SMILES string of the molecule is CC(C)(C)[Si](OC[C@H](I)[C@H]1N=C(C(Cl)(Cl)Cl)O[C@@H]2CO[C@@H](c3ccccc3)O[C@@H]12)(c1ccccc1)c1ccccc1. The molecule has 5 atom stereocenters. The predicted octanol–water partition coefficient (Wildman–Crippen LogP) is 7.02. The Kier molecular flexibility index (Phi) is 9.77. The van der Waals surface area contributed by atoms with E-state index in [0.717, 1.165) is 5.56 Å². The molecule has 3 aromatic rings. The van der Waals surface area contributed by atoms with E-state index in [9.17, 15) is 0 Å². The first-order valence-corrected chi connectivity index (χ1v) is 17.8. The zero-order chi connectivity index (χ0) is 29.3. The lowest BCUT2D eigenvalue weighted by Gasteiger charge is -2.46. The Morgan fingerprint density at radius 3 is 1.95 bits per heavy atom. The number of nitrogens with zero attached hydrogens (tertiary/aromatic N) is 1. The van der Waals surface area contributed by atoms with E-state index >= 15 is 0 Å². The normalized spacial score (nSPS) is 24.1. The average molecular weight is 745 g/mol. The van der Waals surface area contributed by atoms with Crippen LogP contribution in [-0.2, 0) is 18.6 Å². The Labute approximate surface area is 271 Å². The highest BCUT2D eigenvalue weighted by molar-refractivity contribution is 14.1. The fourth-order valence-electron chi connectivity index (χ4n) is 5.61. The monoisotopic (exact) mass is 743 g/mol. The quantitative estimate of drug-likeness (QED) is 0.148. The first-order valence-electron chi connectivity index (χ1n) is 13.5. The summed E-state index contributed by atoms with van der Waals surface area (Å²) in [5.41, 5.74) is 0.925. The molecule has 1 fully saturated rings. The lowest BCUT2D eigenvalue weighted by molar-refractivity contribution is -0.261. The molecule has 0 unspecified atom stereocenters. The number of hydrogen-bond acceptors (Lipinski definition) is 5. The fourth-order valence-corrected chi connectivity index (χ4v) is 11.6. The van der Waals surface area contributed by atoms with Gasteiger partial charge in [0.2, 0.25) is 5.90 Å². The van der Waals surface area contributed by atoms with Crippen molar-refractivity contribution in [3.05, 3.63) is 96.6 Å². The van der Waals surface area contributed by atoms with Crippen LogP contribution >= 0.6 is 57.4 Å². The molecule has 10 heteroatoms. The third-order valence-corrected chi connectivity index (χ3v) is 14.1. The first-order chi connectivity index (χ1) is 19.5. The highest BCUT2D eigenvalue weighted by atomic mass is 127. The summed E-state index contributed by atoms with van der Waals surface area (Å²) >= 11 is 21.2. The number of halogens is 4. The molecular weight excluding hydrogens is 712 g/mol. The first kappa shape index (κ1) is 31.3. The largest absolute Gasteiger partial charge is 0.469 e. The van der Waals surface area contributed by atoms with Crippen LogP contribution in [0, 0.1) is 0 Å². The standard InChI is InChI=1S/C31H33Cl3INO4Si/c1-30(2,3)41(22-15-9-5-10-16-22,23-17-11-6-12-18-23)38-19-24(35)26-27-25(39-29(36-26)31(32,33)34)20-37-28(40-27)21-13-7-4-8-14-21/h4-18,24-28H,19-20H2,1-3H3/t24-,25+,26+,27+,28+/m0/s1. The lowest BCUT2D eigenvalue weighted by Crippen LogP contribution is -2.67. The minimum absolute atomic E-state index is 0.0474. The van der Waals surface area contributed by atoms with E-state index in [1.54, 1.807) is 0 Å². The summed E-state index contributed by atoms with van der Waals surface area (Å²) in [6.45, 7) is 7.48. The molecule has 0 aromatic heterocycles. The summed E-state index contributed by atoms with van der Waals surface area (Å²) < 4.78 is 23.9. The van der Waals surface area contributed by atoms with E-state index in [0.29, 0.717) is 6.61 Å².